The van der Waals surface area contributed by atoms with E-state index in [1.165, 1.54) is 0 Å². The minimum atomic E-state index is -0.185. The molecule has 1 aliphatic rings. The summed E-state index contributed by atoms with van der Waals surface area (Å²) < 4.78 is 5.11. The fourth-order valence-electron chi connectivity index (χ4n) is 1.55. The van der Waals surface area contributed by atoms with Crippen molar-refractivity contribution in [3.8, 4) is 0 Å². The summed E-state index contributed by atoms with van der Waals surface area (Å²) in [6, 6.07) is 0. The van der Waals surface area contributed by atoms with Crippen LogP contribution in [0.1, 0.15) is 20.3 Å². The van der Waals surface area contributed by atoms with E-state index >= 15 is 0 Å². The van der Waals surface area contributed by atoms with Crippen LogP contribution in [0, 0.1) is 11.8 Å². The lowest BCUT2D eigenvalue weighted by Crippen LogP contribution is -2.45. The molecule has 0 saturated carbocycles. The van der Waals surface area contributed by atoms with Gasteiger partial charge in [-0.15, -0.1) is 0 Å². The van der Waals surface area contributed by atoms with Crippen molar-refractivity contribution in [2.75, 3.05) is 26.2 Å². The Morgan fingerprint density at radius 2 is 2.36 bits per heavy atom. The smallest absolute Gasteiger partial charge is 0.409 e. The molecule has 0 radical (unpaired) electrons. The highest BCUT2D eigenvalue weighted by Gasteiger charge is 2.28. The predicted molar refractivity (Wildman–Crippen MR) is 54.9 cm³/mol. The second-order valence-corrected chi connectivity index (χ2v) is 4.17. The fraction of sp³-hybridized carbons (Fsp3) is 0.900. The van der Waals surface area contributed by atoms with Gasteiger partial charge in [0.05, 0.1) is 6.61 Å². The maximum atomic E-state index is 11.3. The van der Waals surface area contributed by atoms with Gasteiger partial charge >= 0.3 is 6.09 Å². The van der Waals surface area contributed by atoms with Crippen LogP contribution < -0.4 is 5.73 Å². The molecule has 1 saturated heterocycles. The van der Waals surface area contributed by atoms with E-state index in [4.69, 9.17) is 10.5 Å². The highest BCUT2D eigenvalue weighted by Crippen LogP contribution is 2.18. The van der Waals surface area contributed by atoms with Crippen LogP contribution in [0.15, 0.2) is 0 Å². The number of carbonyl (C=O) groups excluding carboxylic acids is 1. The second-order valence-electron chi connectivity index (χ2n) is 4.17. The van der Waals surface area contributed by atoms with E-state index in [0.717, 1.165) is 19.5 Å². The summed E-state index contributed by atoms with van der Waals surface area (Å²) in [5.41, 5.74) is 5.41. The van der Waals surface area contributed by atoms with Crippen molar-refractivity contribution in [1.82, 2.24) is 4.90 Å². The summed E-state index contributed by atoms with van der Waals surface area (Å²) in [6.07, 6.45) is 0.662. The SMILES string of the molecule is CC(C)C1COC(=O)N(CCCN)C1. The molecular formula is C10H20N2O2. The third-order valence-corrected chi connectivity index (χ3v) is 2.71. The summed E-state index contributed by atoms with van der Waals surface area (Å²) in [4.78, 5) is 13.1. The summed E-state index contributed by atoms with van der Waals surface area (Å²) in [6.45, 7) is 7.04. The van der Waals surface area contributed by atoms with E-state index < -0.39 is 0 Å². The molecule has 14 heavy (non-hydrogen) atoms. The summed E-state index contributed by atoms with van der Waals surface area (Å²) in [5, 5.41) is 0. The van der Waals surface area contributed by atoms with Crippen molar-refractivity contribution in [3.63, 3.8) is 0 Å². The Balaban J connectivity index is 2.42. The van der Waals surface area contributed by atoms with Crippen LogP contribution in [0.3, 0.4) is 0 Å². The van der Waals surface area contributed by atoms with Gasteiger partial charge in [-0.2, -0.15) is 0 Å². The molecule has 1 rings (SSSR count). The number of cyclic esters (lactones) is 1. The van der Waals surface area contributed by atoms with Gasteiger partial charge in [-0.3, -0.25) is 0 Å². The topological polar surface area (TPSA) is 55.6 Å². The number of amides is 1. The molecule has 0 spiro atoms. The van der Waals surface area contributed by atoms with Crippen molar-refractivity contribution in [2.24, 2.45) is 17.6 Å². The van der Waals surface area contributed by atoms with Crippen LogP contribution in [0.2, 0.25) is 0 Å². The zero-order chi connectivity index (χ0) is 10.6. The van der Waals surface area contributed by atoms with Crippen molar-refractivity contribution in [3.05, 3.63) is 0 Å². The normalized spacial score (nSPS) is 22.7. The van der Waals surface area contributed by atoms with Gasteiger partial charge < -0.3 is 15.4 Å². The van der Waals surface area contributed by atoms with E-state index in [1.807, 2.05) is 0 Å². The van der Waals surface area contributed by atoms with Gasteiger partial charge in [0, 0.05) is 19.0 Å². The van der Waals surface area contributed by atoms with Crippen molar-refractivity contribution < 1.29 is 9.53 Å². The first kappa shape index (κ1) is 11.3. The number of rotatable bonds is 4. The Morgan fingerprint density at radius 1 is 1.64 bits per heavy atom. The highest BCUT2D eigenvalue weighted by molar-refractivity contribution is 5.68. The molecule has 82 valence electrons. The molecule has 1 aliphatic heterocycles. The van der Waals surface area contributed by atoms with E-state index in [2.05, 4.69) is 13.8 Å². The van der Waals surface area contributed by atoms with Gasteiger partial charge in [0.25, 0.3) is 0 Å². The average Bonchev–Trinajstić information content (AvgIpc) is 2.16. The maximum absolute atomic E-state index is 11.3. The molecule has 4 nitrogen and oxygen atoms in total. The lowest BCUT2D eigenvalue weighted by molar-refractivity contribution is 0.0297. The van der Waals surface area contributed by atoms with E-state index in [0.29, 0.717) is 25.0 Å². The molecule has 0 aromatic carbocycles. The van der Waals surface area contributed by atoms with Crippen molar-refractivity contribution in [2.45, 2.75) is 20.3 Å². The van der Waals surface area contributed by atoms with Gasteiger partial charge in [0.2, 0.25) is 0 Å². The maximum Gasteiger partial charge on any atom is 0.409 e. The van der Waals surface area contributed by atoms with Crippen LogP contribution in [0.25, 0.3) is 0 Å². The number of carbonyl (C=O) groups is 1. The zero-order valence-electron chi connectivity index (χ0n) is 9.03. The quantitative estimate of drug-likeness (QED) is 0.738. The molecule has 1 atom stereocenters. The largest absolute Gasteiger partial charge is 0.449 e. The monoisotopic (exact) mass is 200 g/mol. The molecular weight excluding hydrogens is 180 g/mol. The fourth-order valence-corrected chi connectivity index (χ4v) is 1.55. The summed E-state index contributed by atoms with van der Waals surface area (Å²) in [5.74, 6) is 1.02. The Kier molecular flexibility index (Phi) is 4.20. The Bertz CT molecular complexity index is 195. The van der Waals surface area contributed by atoms with Crippen LogP contribution in [0.4, 0.5) is 4.79 Å². The number of nitrogens with two attached hydrogens (primary N) is 1. The number of hydrogen-bond donors (Lipinski definition) is 1. The third kappa shape index (κ3) is 2.87. The Hall–Kier alpha value is -0.770. The highest BCUT2D eigenvalue weighted by atomic mass is 16.6. The number of hydrogen-bond acceptors (Lipinski definition) is 3. The molecule has 1 heterocycles. The minimum Gasteiger partial charge on any atom is -0.449 e. The van der Waals surface area contributed by atoms with Crippen molar-refractivity contribution in [1.29, 1.82) is 0 Å². The Morgan fingerprint density at radius 3 is 2.93 bits per heavy atom. The standard InChI is InChI=1S/C10H20N2O2/c1-8(2)9-6-12(5-3-4-11)10(13)14-7-9/h8-9H,3-7,11H2,1-2H3. The molecule has 0 bridgehead atoms. The van der Waals surface area contributed by atoms with Gasteiger partial charge in [-0.25, -0.2) is 4.79 Å². The minimum absolute atomic E-state index is 0.185. The first-order valence-electron chi connectivity index (χ1n) is 5.27. The van der Waals surface area contributed by atoms with E-state index in [9.17, 15) is 4.79 Å². The van der Waals surface area contributed by atoms with Crippen molar-refractivity contribution >= 4 is 6.09 Å². The Labute approximate surface area is 85.4 Å². The zero-order valence-corrected chi connectivity index (χ0v) is 9.03. The average molecular weight is 200 g/mol. The summed E-state index contributed by atoms with van der Waals surface area (Å²) >= 11 is 0. The lowest BCUT2D eigenvalue weighted by atomic mass is 9.95. The molecule has 1 amide bonds. The van der Waals surface area contributed by atoms with E-state index in [1.54, 1.807) is 4.90 Å². The molecule has 0 aromatic rings. The van der Waals surface area contributed by atoms with Crippen LogP contribution in [0.5, 0.6) is 0 Å². The molecule has 1 unspecified atom stereocenters. The predicted octanol–water partition coefficient (Wildman–Crippen LogP) is 1.06. The molecule has 1 fully saturated rings. The lowest BCUT2D eigenvalue weighted by Gasteiger charge is -2.34. The number of nitrogens with zero attached hydrogens (tertiary/aromatic N) is 1. The van der Waals surface area contributed by atoms with Gasteiger partial charge in [-0.05, 0) is 18.9 Å². The van der Waals surface area contributed by atoms with E-state index in [-0.39, 0.29) is 6.09 Å². The molecule has 0 aromatic heterocycles. The summed E-state index contributed by atoms with van der Waals surface area (Å²) in [7, 11) is 0. The third-order valence-electron chi connectivity index (χ3n) is 2.71. The molecule has 0 aliphatic carbocycles. The second kappa shape index (κ2) is 5.20. The van der Waals surface area contributed by atoms with Gasteiger partial charge in [0.1, 0.15) is 0 Å². The van der Waals surface area contributed by atoms with Gasteiger partial charge in [0.15, 0.2) is 0 Å². The first-order chi connectivity index (χ1) is 6.65. The van der Waals surface area contributed by atoms with Gasteiger partial charge in [-0.1, -0.05) is 13.8 Å². The van der Waals surface area contributed by atoms with Crippen LogP contribution in [-0.4, -0.2) is 37.2 Å². The van der Waals surface area contributed by atoms with Crippen LogP contribution in [-0.2, 0) is 4.74 Å². The molecule has 4 heteroatoms. The van der Waals surface area contributed by atoms with Crippen LogP contribution >= 0.6 is 0 Å². The number of ether oxygens (including phenoxy) is 1. The first-order valence-corrected chi connectivity index (χ1v) is 5.27. The molecule has 2 N–H and O–H groups in total.